The summed E-state index contributed by atoms with van der Waals surface area (Å²) in [5.41, 5.74) is 14.9. The van der Waals surface area contributed by atoms with Crippen molar-refractivity contribution in [2.45, 2.75) is 5.41 Å². The molecule has 56 heavy (non-hydrogen) atoms. The van der Waals surface area contributed by atoms with Crippen molar-refractivity contribution < 1.29 is 4.57 Å². The Hall–Kier alpha value is -6.73. The van der Waals surface area contributed by atoms with Gasteiger partial charge in [0.1, 0.15) is 0 Å². The Kier molecular flexibility index (Phi) is 5.86. The van der Waals surface area contributed by atoms with E-state index < -0.39 is 12.6 Å². The van der Waals surface area contributed by atoms with Crippen LogP contribution in [0.4, 0.5) is 0 Å². The molecule has 2 unspecified atom stereocenters. The van der Waals surface area contributed by atoms with Gasteiger partial charge >= 0.3 is 0 Å². The molecule has 0 bridgehead atoms. The van der Waals surface area contributed by atoms with Crippen LogP contribution < -0.4 is 15.9 Å². The average Bonchev–Trinajstić information content (AvgIpc) is 3.85. The van der Waals surface area contributed by atoms with E-state index in [0.29, 0.717) is 0 Å². The molecule has 3 heterocycles. The number of para-hydroxylation sites is 3. The van der Waals surface area contributed by atoms with Crippen molar-refractivity contribution in [3.8, 4) is 39.1 Å². The van der Waals surface area contributed by atoms with Gasteiger partial charge in [0.15, 0.2) is 7.14 Å². The first-order chi connectivity index (χ1) is 27.7. The van der Waals surface area contributed by atoms with Crippen molar-refractivity contribution in [2.24, 2.45) is 0 Å². The zero-order chi connectivity index (χ0) is 36.8. The second-order valence-corrected chi connectivity index (χ2v) is 18.2. The van der Waals surface area contributed by atoms with Gasteiger partial charge in [-0.3, -0.25) is 0 Å². The highest BCUT2D eigenvalue weighted by atomic mass is 31.2. The SMILES string of the molecule is O=P1(c2ccccc2)c2ccccc2-c2cc3c(cc21)-c1ccc(-c2ccc4ccccc4c2)cc1C31c2ccccc2-n2c3ccccc3c3cccc1c32. The molecule has 0 N–H and O–H groups in total. The fraction of sp³-hybridized carbons (Fsp3) is 0.0189. The number of benzene rings is 9. The minimum absolute atomic E-state index is 0.638. The molecule has 2 nitrogen and oxygen atoms in total. The number of fused-ring (bicyclic) bond motifs is 16. The molecule has 1 aliphatic carbocycles. The van der Waals surface area contributed by atoms with Crippen molar-refractivity contribution in [3.63, 3.8) is 0 Å². The maximum Gasteiger partial charge on any atom is 0.172 e. The van der Waals surface area contributed by atoms with Crippen molar-refractivity contribution in [1.29, 1.82) is 0 Å². The molecule has 10 aromatic rings. The summed E-state index contributed by atoms with van der Waals surface area (Å²) in [6, 6.07) is 70.5. The Labute approximate surface area is 324 Å². The van der Waals surface area contributed by atoms with Gasteiger partial charge in [-0.05, 0) is 103 Å². The summed E-state index contributed by atoms with van der Waals surface area (Å²) in [6.07, 6.45) is 0. The van der Waals surface area contributed by atoms with Gasteiger partial charge in [-0.1, -0.05) is 158 Å². The molecule has 3 aliphatic rings. The van der Waals surface area contributed by atoms with E-state index in [0.717, 1.165) is 32.6 Å². The van der Waals surface area contributed by atoms with Crippen LogP contribution in [0.2, 0.25) is 0 Å². The second kappa shape index (κ2) is 10.7. The minimum Gasteiger partial charge on any atom is -0.309 e. The highest BCUT2D eigenvalue weighted by molar-refractivity contribution is 7.86. The quantitative estimate of drug-likeness (QED) is 0.162. The Morgan fingerprint density at radius 2 is 1.11 bits per heavy atom. The fourth-order valence-corrected chi connectivity index (χ4v) is 13.8. The molecule has 0 amide bonds. The second-order valence-electron chi connectivity index (χ2n) is 15.5. The molecule has 0 saturated carbocycles. The van der Waals surface area contributed by atoms with Crippen molar-refractivity contribution in [3.05, 3.63) is 216 Å². The smallest absolute Gasteiger partial charge is 0.172 e. The molecule has 1 aromatic heterocycles. The van der Waals surface area contributed by atoms with E-state index in [1.165, 1.54) is 77.2 Å². The topological polar surface area (TPSA) is 22.0 Å². The first kappa shape index (κ1) is 30.6. The molecule has 0 saturated heterocycles. The van der Waals surface area contributed by atoms with Crippen LogP contribution in [0, 0.1) is 0 Å². The molecule has 2 aliphatic heterocycles. The van der Waals surface area contributed by atoms with Gasteiger partial charge in [-0.2, -0.15) is 0 Å². The molecule has 0 radical (unpaired) electrons. The molecule has 9 aromatic carbocycles. The standard InChI is InChI=1S/C53H32NOP/c55-56(37-15-2-1-3-16-37)50-24-11-7-18-40(50)43-31-47-42(32-51(43)56)38-28-27-36(35-26-25-33-13-4-5-14-34(33)29-35)30-46(38)53(47)44-20-8-10-23-49(44)54-48-22-9-6-17-39(48)41-19-12-21-45(53)52(41)54/h1-32H. The van der Waals surface area contributed by atoms with Gasteiger partial charge in [-0.15, -0.1) is 0 Å². The summed E-state index contributed by atoms with van der Waals surface area (Å²) in [5.74, 6) is 0. The molecule has 260 valence electrons. The summed E-state index contributed by atoms with van der Waals surface area (Å²) in [5, 5.41) is 7.72. The lowest BCUT2D eigenvalue weighted by Gasteiger charge is -2.40. The first-order valence-corrected chi connectivity index (χ1v) is 21.1. The van der Waals surface area contributed by atoms with Gasteiger partial charge < -0.3 is 9.13 Å². The largest absolute Gasteiger partial charge is 0.309 e. The van der Waals surface area contributed by atoms with E-state index in [1.807, 2.05) is 36.4 Å². The Bertz CT molecular complexity index is 3410. The van der Waals surface area contributed by atoms with Crippen LogP contribution in [0.3, 0.4) is 0 Å². The molecule has 2 atom stereocenters. The molecule has 1 spiro atoms. The summed E-state index contributed by atoms with van der Waals surface area (Å²) in [4.78, 5) is 0. The maximum atomic E-state index is 15.9. The highest BCUT2D eigenvalue weighted by Gasteiger charge is 2.53. The summed E-state index contributed by atoms with van der Waals surface area (Å²) >= 11 is 0. The van der Waals surface area contributed by atoms with E-state index in [-0.39, 0.29) is 0 Å². The lowest BCUT2D eigenvalue weighted by atomic mass is 9.65. The normalized spacial score (nSPS) is 18.2. The summed E-state index contributed by atoms with van der Waals surface area (Å²) in [6.45, 7) is 0. The predicted molar refractivity (Wildman–Crippen MR) is 233 cm³/mol. The number of nitrogens with zero attached hydrogens (tertiary/aromatic N) is 1. The molecular formula is C53H32NOP. The molecular weight excluding hydrogens is 698 g/mol. The van der Waals surface area contributed by atoms with E-state index in [1.54, 1.807) is 0 Å². The minimum atomic E-state index is -3.17. The van der Waals surface area contributed by atoms with E-state index in [2.05, 4.69) is 162 Å². The Morgan fingerprint density at radius 3 is 2.04 bits per heavy atom. The third-order valence-electron chi connectivity index (χ3n) is 13.0. The number of rotatable bonds is 2. The van der Waals surface area contributed by atoms with Gasteiger partial charge in [0.2, 0.25) is 0 Å². The summed E-state index contributed by atoms with van der Waals surface area (Å²) in [7, 11) is -3.17. The number of hydrogen-bond acceptors (Lipinski definition) is 1. The zero-order valence-electron chi connectivity index (χ0n) is 30.3. The molecule has 3 heteroatoms. The van der Waals surface area contributed by atoms with Crippen LogP contribution in [0.5, 0.6) is 0 Å². The molecule has 0 fully saturated rings. The number of hydrogen-bond donors (Lipinski definition) is 0. The van der Waals surface area contributed by atoms with Crippen LogP contribution in [0.15, 0.2) is 194 Å². The van der Waals surface area contributed by atoms with Gasteiger partial charge in [-0.25, -0.2) is 0 Å². The van der Waals surface area contributed by atoms with Gasteiger partial charge in [0.25, 0.3) is 0 Å². The van der Waals surface area contributed by atoms with Crippen LogP contribution in [0.25, 0.3) is 71.6 Å². The molecule has 13 rings (SSSR count). The van der Waals surface area contributed by atoms with Gasteiger partial charge in [0, 0.05) is 26.7 Å². The van der Waals surface area contributed by atoms with E-state index in [4.69, 9.17) is 0 Å². The monoisotopic (exact) mass is 729 g/mol. The Balaban J connectivity index is 1.20. The van der Waals surface area contributed by atoms with Crippen molar-refractivity contribution in [1.82, 2.24) is 4.57 Å². The lowest BCUT2D eigenvalue weighted by molar-refractivity contribution is 0.593. The van der Waals surface area contributed by atoms with Gasteiger partial charge in [0.05, 0.1) is 22.1 Å². The zero-order valence-corrected chi connectivity index (χ0v) is 31.2. The third-order valence-corrected chi connectivity index (χ3v) is 16.1. The van der Waals surface area contributed by atoms with Crippen LogP contribution in [-0.2, 0) is 9.98 Å². The van der Waals surface area contributed by atoms with E-state index in [9.17, 15) is 0 Å². The average molecular weight is 730 g/mol. The first-order valence-electron chi connectivity index (χ1n) is 19.4. The maximum absolute atomic E-state index is 15.9. The van der Waals surface area contributed by atoms with E-state index >= 15 is 4.57 Å². The van der Waals surface area contributed by atoms with Crippen LogP contribution in [-0.4, -0.2) is 4.57 Å². The highest BCUT2D eigenvalue weighted by Crippen LogP contribution is 2.63. The predicted octanol–water partition coefficient (Wildman–Crippen LogP) is 11.9. The third kappa shape index (κ3) is 3.62. The lowest BCUT2D eigenvalue weighted by Crippen LogP contribution is -2.33. The fourth-order valence-electron chi connectivity index (χ4n) is 10.7. The summed E-state index contributed by atoms with van der Waals surface area (Å²) < 4.78 is 18.4. The van der Waals surface area contributed by atoms with Crippen LogP contribution in [0.1, 0.15) is 22.3 Å². The Morgan fingerprint density at radius 1 is 0.411 bits per heavy atom. The van der Waals surface area contributed by atoms with Crippen molar-refractivity contribution in [2.75, 3.05) is 0 Å². The van der Waals surface area contributed by atoms with Crippen molar-refractivity contribution >= 4 is 55.6 Å². The number of aromatic nitrogens is 1. The van der Waals surface area contributed by atoms with Crippen LogP contribution >= 0.6 is 7.14 Å².